The molecule has 1 aromatic carbocycles. The van der Waals surface area contributed by atoms with Crippen molar-refractivity contribution in [1.29, 1.82) is 0 Å². The maximum absolute atomic E-state index is 11.0. The van der Waals surface area contributed by atoms with E-state index in [-0.39, 0.29) is 5.69 Å². The minimum absolute atomic E-state index is 0.0150. The van der Waals surface area contributed by atoms with Gasteiger partial charge in [-0.15, -0.1) is 0 Å². The number of hydrazine groups is 1. The Labute approximate surface area is 116 Å². The van der Waals surface area contributed by atoms with Gasteiger partial charge in [0, 0.05) is 25.7 Å². The lowest BCUT2D eigenvalue weighted by Crippen LogP contribution is -2.41. The van der Waals surface area contributed by atoms with E-state index in [1.54, 1.807) is 12.1 Å². The van der Waals surface area contributed by atoms with Crippen LogP contribution in [0.5, 0.6) is 0 Å². The molecule has 0 spiro atoms. The molecule has 0 radical (unpaired) electrons. The van der Waals surface area contributed by atoms with E-state index in [1.807, 2.05) is 6.07 Å². The SMILES string of the molecule is NNc1ccc(CN2CC3CCC(C2)O3)cc1[N+](=O)[O-]. The Balaban J connectivity index is 1.74. The van der Waals surface area contributed by atoms with Crippen LogP contribution in [0.2, 0.25) is 0 Å². The molecule has 2 fully saturated rings. The molecule has 3 rings (SSSR count). The molecule has 2 heterocycles. The monoisotopic (exact) mass is 278 g/mol. The molecule has 0 aliphatic carbocycles. The van der Waals surface area contributed by atoms with Crippen molar-refractivity contribution in [3.05, 3.63) is 33.9 Å². The zero-order valence-corrected chi connectivity index (χ0v) is 11.1. The van der Waals surface area contributed by atoms with Crippen molar-refractivity contribution in [2.24, 2.45) is 5.84 Å². The second kappa shape index (κ2) is 5.35. The number of hydrogen-bond donors (Lipinski definition) is 2. The van der Waals surface area contributed by atoms with Crippen molar-refractivity contribution in [2.45, 2.75) is 31.6 Å². The first kappa shape index (κ1) is 13.3. The van der Waals surface area contributed by atoms with Crippen LogP contribution in [0.1, 0.15) is 18.4 Å². The average molecular weight is 278 g/mol. The van der Waals surface area contributed by atoms with Crippen molar-refractivity contribution in [3.63, 3.8) is 0 Å². The van der Waals surface area contributed by atoms with Gasteiger partial charge in [0.05, 0.1) is 17.1 Å². The van der Waals surface area contributed by atoms with E-state index in [0.29, 0.717) is 24.4 Å². The molecule has 7 heteroatoms. The predicted octanol–water partition coefficient (Wildman–Crippen LogP) is 1.24. The quantitative estimate of drug-likeness (QED) is 0.489. The van der Waals surface area contributed by atoms with E-state index in [2.05, 4.69) is 10.3 Å². The van der Waals surface area contributed by atoms with Crippen LogP contribution < -0.4 is 11.3 Å². The molecule has 2 aliphatic rings. The summed E-state index contributed by atoms with van der Waals surface area (Å²) in [5.41, 5.74) is 3.63. The molecule has 2 aliphatic heterocycles. The molecule has 0 amide bonds. The second-order valence-corrected chi connectivity index (χ2v) is 5.40. The van der Waals surface area contributed by atoms with Crippen LogP contribution in [0, 0.1) is 10.1 Å². The third-order valence-electron chi connectivity index (χ3n) is 3.94. The Bertz CT molecular complexity index is 510. The zero-order chi connectivity index (χ0) is 14.1. The first-order chi connectivity index (χ1) is 9.65. The molecule has 108 valence electrons. The Kier molecular flexibility index (Phi) is 3.56. The highest BCUT2D eigenvalue weighted by Crippen LogP contribution is 2.29. The van der Waals surface area contributed by atoms with Crippen LogP contribution >= 0.6 is 0 Å². The van der Waals surface area contributed by atoms with E-state index >= 15 is 0 Å². The third kappa shape index (κ3) is 2.60. The standard InChI is InChI=1S/C13H18N4O3/c14-15-12-4-1-9(5-13(12)17(18)19)6-16-7-10-2-3-11(8-16)20-10/h1,4-5,10-11,15H,2-3,6-8,14H2. The maximum Gasteiger partial charge on any atom is 0.293 e. The number of nitrogens with two attached hydrogens (primary N) is 1. The van der Waals surface area contributed by atoms with Gasteiger partial charge in [-0.1, -0.05) is 6.07 Å². The largest absolute Gasteiger partial charge is 0.372 e. The summed E-state index contributed by atoms with van der Waals surface area (Å²) in [6.07, 6.45) is 2.90. The molecule has 7 nitrogen and oxygen atoms in total. The van der Waals surface area contributed by atoms with Gasteiger partial charge in [-0.05, 0) is 24.5 Å². The number of ether oxygens (including phenoxy) is 1. The Morgan fingerprint density at radius 3 is 2.70 bits per heavy atom. The summed E-state index contributed by atoms with van der Waals surface area (Å²) >= 11 is 0. The topological polar surface area (TPSA) is 93.7 Å². The summed E-state index contributed by atoms with van der Waals surface area (Å²) in [6, 6.07) is 5.12. The summed E-state index contributed by atoms with van der Waals surface area (Å²) in [5, 5.41) is 11.0. The Morgan fingerprint density at radius 2 is 2.10 bits per heavy atom. The Hall–Kier alpha value is -1.70. The Morgan fingerprint density at radius 1 is 1.40 bits per heavy atom. The van der Waals surface area contributed by atoms with E-state index < -0.39 is 4.92 Å². The lowest BCUT2D eigenvalue weighted by Gasteiger charge is -2.32. The molecular weight excluding hydrogens is 260 g/mol. The smallest absolute Gasteiger partial charge is 0.293 e. The van der Waals surface area contributed by atoms with Crippen molar-refractivity contribution >= 4 is 11.4 Å². The number of nitro benzene ring substituents is 1. The molecule has 2 bridgehead atoms. The average Bonchev–Trinajstić information content (AvgIpc) is 2.78. The zero-order valence-electron chi connectivity index (χ0n) is 11.1. The molecule has 0 aromatic heterocycles. The van der Waals surface area contributed by atoms with Crippen LogP contribution in [-0.2, 0) is 11.3 Å². The number of fused-ring (bicyclic) bond motifs is 2. The van der Waals surface area contributed by atoms with Crippen LogP contribution in [-0.4, -0.2) is 35.1 Å². The van der Waals surface area contributed by atoms with Gasteiger partial charge in [-0.3, -0.25) is 20.9 Å². The van der Waals surface area contributed by atoms with E-state index in [0.717, 1.165) is 31.5 Å². The molecule has 1 aromatic rings. The van der Waals surface area contributed by atoms with Crippen LogP contribution in [0.4, 0.5) is 11.4 Å². The number of anilines is 1. The molecular formula is C13H18N4O3. The summed E-state index contributed by atoms with van der Waals surface area (Å²) < 4.78 is 5.79. The molecule has 2 unspecified atom stereocenters. The first-order valence-corrected chi connectivity index (χ1v) is 6.77. The molecule has 2 saturated heterocycles. The summed E-state index contributed by atoms with van der Waals surface area (Å²) in [4.78, 5) is 12.9. The van der Waals surface area contributed by atoms with Crippen molar-refractivity contribution in [2.75, 3.05) is 18.5 Å². The number of hydrogen-bond acceptors (Lipinski definition) is 6. The highest BCUT2D eigenvalue weighted by molar-refractivity contribution is 5.61. The number of rotatable bonds is 4. The summed E-state index contributed by atoms with van der Waals surface area (Å²) in [6.45, 7) is 2.52. The highest BCUT2D eigenvalue weighted by atomic mass is 16.6. The number of nitro groups is 1. The van der Waals surface area contributed by atoms with Gasteiger partial charge in [-0.2, -0.15) is 0 Å². The number of nitrogens with zero attached hydrogens (tertiary/aromatic N) is 2. The number of nitrogen functional groups attached to an aromatic ring is 1. The highest BCUT2D eigenvalue weighted by Gasteiger charge is 2.33. The van der Waals surface area contributed by atoms with E-state index in [1.165, 1.54) is 0 Å². The normalized spacial score (nSPS) is 25.6. The van der Waals surface area contributed by atoms with E-state index in [9.17, 15) is 10.1 Å². The van der Waals surface area contributed by atoms with Gasteiger partial charge in [0.25, 0.3) is 5.69 Å². The molecule has 3 N–H and O–H groups in total. The van der Waals surface area contributed by atoms with Gasteiger partial charge in [-0.25, -0.2) is 0 Å². The van der Waals surface area contributed by atoms with Crippen molar-refractivity contribution in [1.82, 2.24) is 4.90 Å². The first-order valence-electron chi connectivity index (χ1n) is 6.77. The fourth-order valence-corrected chi connectivity index (χ4v) is 3.04. The number of nitrogens with one attached hydrogen (secondary N) is 1. The maximum atomic E-state index is 11.0. The third-order valence-corrected chi connectivity index (χ3v) is 3.94. The van der Waals surface area contributed by atoms with Crippen molar-refractivity contribution < 1.29 is 9.66 Å². The number of likely N-dealkylation sites (tertiary alicyclic amines) is 1. The molecule has 20 heavy (non-hydrogen) atoms. The van der Waals surface area contributed by atoms with Gasteiger partial charge in [0.1, 0.15) is 5.69 Å². The minimum atomic E-state index is -0.415. The summed E-state index contributed by atoms with van der Waals surface area (Å²) in [7, 11) is 0. The summed E-state index contributed by atoms with van der Waals surface area (Å²) in [5.74, 6) is 5.29. The van der Waals surface area contributed by atoms with Gasteiger partial charge in [0.15, 0.2) is 0 Å². The number of morpholine rings is 1. The van der Waals surface area contributed by atoms with Crippen LogP contribution in [0.15, 0.2) is 18.2 Å². The van der Waals surface area contributed by atoms with Gasteiger partial charge >= 0.3 is 0 Å². The number of benzene rings is 1. The minimum Gasteiger partial charge on any atom is -0.372 e. The molecule has 0 saturated carbocycles. The fourth-order valence-electron chi connectivity index (χ4n) is 3.04. The lowest BCUT2D eigenvalue weighted by molar-refractivity contribution is -0.384. The second-order valence-electron chi connectivity index (χ2n) is 5.40. The van der Waals surface area contributed by atoms with Gasteiger partial charge < -0.3 is 10.2 Å². The van der Waals surface area contributed by atoms with E-state index in [4.69, 9.17) is 10.6 Å². The predicted molar refractivity (Wildman–Crippen MR) is 74.1 cm³/mol. The fraction of sp³-hybridized carbons (Fsp3) is 0.538. The van der Waals surface area contributed by atoms with Crippen molar-refractivity contribution in [3.8, 4) is 0 Å². The molecule has 2 atom stereocenters. The van der Waals surface area contributed by atoms with Gasteiger partial charge in [0.2, 0.25) is 0 Å². The van der Waals surface area contributed by atoms with Crippen LogP contribution in [0.3, 0.4) is 0 Å². The lowest BCUT2D eigenvalue weighted by atomic mass is 10.1. The van der Waals surface area contributed by atoms with Crippen LogP contribution in [0.25, 0.3) is 0 Å².